The van der Waals surface area contributed by atoms with Crippen molar-refractivity contribution in [3.63, 3.8) is 0 Å². The molecular weight excluding hydrogens is 346 g/mol. The van der Waals surface area contributed by atoms with E-state index >= 15 is 0 Å². The molecule has 3 rings (SSSR count). The van der Waals surface area contributed by atoms with Crippen LogP contribution in [0, 0.1) is 6.92 Å². The third-order valence-corrected chi connectivity index (χ3v) is 7.16. The van der Waals surface area contributed by atoms with E-state index in [1.165, 1.54) is 11.3 Å². The number of hydrogen-bond donors (Lipinski definition) is 1. The Bertz CT molecular complexity index is 758. The van der Waals surface area contributed by atoms with E-state index < -0.39 is 10.0 Å². The van der Waals surface area contributed by atoms with Crippen molar-refractivity contribution in [2.45, 2.75) is 36.3 Å². The first-order valence-electron chi connectivity index (χ1n) is 7.86. The molecule has 1 fully saturated rings. The van der Waals surface area contributed by atoms with Crippen molar-refractivity contribution in [1.82, 2.24) is 4.72 Å². The molecule has 0 unspecified atom stereocenters. The first-order valence-corrected chi connectivity index (χ1v) is 10.2. The quantitative estimate of drug-likeness (QED) is 0.853. The Kier molecular flexibility index (Phi) is 5.68. The SMILES string of the molecule is Cc1ccsc1S(=O)(=O)N[C@@H]1CCOC[C@H]1OCc1ccccc1. The summed E-state index contributed by atoms with van der Waals surface area (Å²) in [5, 5.41) is 1.79. The number of ether oxygens (including phenoxy) is 2. The number of thiophene rings is 1. The minimum absolute atomic E-state index is 0.283. The molecule has 1 aromatic heterocycles. The van der Waals surface area contributed by atoms with Gasteiger partial charge in [-0.3, -0.25) is 0 Å². The highest BCUT2D eigenvalue weighted by atomic mass is 32.2. The van der Waals surface area contributed by atoms with Crippen LogP contribution in [0.5, 0.6) is 0 Å². The molecule has 130 valence electrons. The highest BCUT2D eigenvalue weighted by Gasteiger charge is 2.31. The van der Waals surface area contributed by atoms with Crippen LogP contribution in [0.25, 0.3) is 0 Å². The van der Waals surface area contributed by atoms with E-state index in [0.29, 0.717) is 30.5 Å². The van der Waals surface area contributed by atoms with Crippen LogP contribution in [-0.2, 0) is 26.1 Å². The maximum absolute atomic E-state index is 12.6. The van der Waals surface area contributed by atoms with Crippen molar-refractivity contribution >= 4 is 21.4 Å². The van der Waals surface area contributed by atoms with Crippen LogP contribution < -0.4 is 4.72 Å². The van der Waals surface area contributed by atoms with E-state index in [2.05, 4.69) is 4.72 Å². The monoisotopic (exact) mass is 367 g/mol. The molecule has 1 saturated heterocycles. The van der Waals surface area contributed by atoms with Crippen LogP contribution in [0.3, 0.4) is 0 Å². The summed E-state index contributed by atoms with van der Waals surface area (Å²) < 4.78 is 39.8. The lowest BCUT2D eigenvalue weighted by atomic mass is 10.1. The third-order valence-electron chi connectivity index (χ3n) is 3.98. The Morgan fingerprint density at radius 3 is 2.79 bits per heavy atom. The Balaban J connectivity index is 1.67. The standard InChI is InChI=1S/C17H21NO4S2/c1-13-8-10-23-17(13)24(19,20)18-15-7-9-21-12-16(15)22-11-14-5-3-2-4-6-14/h2-6,8,10,15-16,18H,7,9,11-12H2,1H3/t15-,16-/m1/s1. The molecule has 2 atom stereocenters. The van der Waals surface area contributed by atoms with Crippen LogP contribution in [0.15, 0.2) is 46.0 Å². The molecule has 7 heteroatoms. The molecule has 24 heavy (non-hydrogen) atoms. The Morgan fingerprint density at radius 2 is 2.08 bits per heavy atom. The van der Waals surface area contributed by atoms with Gasteiger partial charge in [-0.15, -0.1) is 11.3 Å². The first-order chi connectivity index (χ1) is 11.6. The Labute approximate surface area is 146 Å². The molecule has 1 aliphatic rings. The van der Waals surface area contributed by atoms with Gasteiger partial charge < -0.3 is 9.47 Å². The van der Waals surface area contributed by atoms with Gasteiger partial charge in [-0.25, -0.2) is 13.1 Å². The second kappa shape index (κ2) is 7.76. The van der Waals surface area contributed by atoms with E-state index in [4.69, 9.17) is 9.47 Å². The fourth-order valence-electron chi connectivity index (χ4n) is 2.68. The average Bonchev–Trinajstić information content (AvgIpc) is 3.02. The smallest absolute Gasteiger partial charge is 0.250 e. The van der Waals surface area contributed by atoms with Gasteiger partial charge in [-0.1, -0.05) is 30.3 Å². The van der Waals surface area contributed by atoms with Crippen molar-refractivity contribution in [1.29, 1.82) is 0 Å². The maximum Gasteiger partial charge on any atom is 0.250 e. The Morgan fingerprint density at radius 1 is 1.29 bits per heavy atom. The molecular formula is C17H21NO4S2. The first kappa shape index (κ1) is 17.6. The highest BCUT2D eigenvalue weighted by molar-refractivity contribution is 7.91. The minimum Gasteiger partial charge on any atom is -0.379 e. The summed E-state index contributed by atoms with van der Waals surface area (Å²) in [5.74, 6) is 0. The summed E-state index contributed by atoms with van der Waals surface area (Å²) in [4.78, 5) is 0. The van der Waals surface area contributed by atoms with E-state index in [9.17, 15) is 8.42 Å². The second-order valence-corrected chi connectivity index (χ2v) is 8.64. The molecule has 1 aliphatic heterocycles. The van der Waals surface area contributed by atoms with Gasteiger partial charge in [-0.05, 0) is 35.9 Å². The largest absolute Gasteiger partial charge is 0.379 e. The molecule has 0 spiro atoms. The molecule has 0 radical (unpaired) electrons. The van der Waals surface area contributed by atoms with Gasteiger partial charge in [0, 0.05) is 6.61 Å². The number of nitrogens with one attached hydrogen (secondary N) is 1. The fraction of sp³-hybridized carbons (Fsp3) is 0.412. The van der Waals surface area contributed by atoms with E-state index in [1.807, 2.05) is 36.4 Å². The summed E-state index contributed by atoms with van der Waals surface area (Å²) in [6, 6.07) is 11.4. The minimum atomic E-state index is -3.53. The zero-order valence-corrected chi connectivity index (χ0v) is 15.1. The number of hydrogen-bond acceptors (Lipinski definition) is 5. The van der Waals surface area contributed by atoms with Gasteiger partial charge >= 0.3 is 0 Å². The zero-order chi connectivity index (χ0) is 17.0. The third kappa shape index (κ3) is 4.23. The molecule has 0 amide bonds. The van der Waals surface area contributed by atoms with Crippen molar-refractivity contribution in [2.24, 2.45) is 0 Å². The van der Waals surface area contributed by atoms with E-state index in [-0.39, 0.29) is 12.1 Å². The van der Waals surface area contributed by atoms with E-state index in [1.54, 1.807) is 12.3 Å². The lowest BCUT2D eigenvalue weighted by Crippen LogP contribution is -2.49. The van der Waals surface area contributed by atoms with Gasteiger partial charge in [0.2, 0.25) is 0 Å². The average molecular weight is 367 g/mol. The number of aryl methyl sites for hydroxylation is 1. The molecule has 2 heterocycles. The van der Waals surface area contributed by atoms with Crippen LogP contribution >= 0.6 is 11.3 Å². The molecule has 2 aromatic rings. The second-order valence-electron chi connectivity index (χ2n) is 5.82. The van der Waals surface area contributed by atoms with Crippen molar-refractivity contribution in [3.05, 3.63) is 52.9 Å². The Hall–Kier alpha value is -1.25. The number of rotatable bonds is 6. The van der Waals surface area contributed by atoms with Crippen molar-refractivity contribution in [3.8, 4) is 0 Å². The van der Waals surface area contributed by atoms with Gasteiger partial charge in [0.05, 0.1) is 25.4 Å². The van der Waals surface area contributed by atoms with Crippen LogP contribution in [-0.4, -0.2) is 33.8 Å². The van der Waals surface area contributed by atoms with Crippen LogP contribution in [0.4, 0.5) is 0 Å². The summed E-state index contributed by atoms with van der Waals surface area (Å²) in [6.07, 6.45) is 0.303. The van der Waals surface area contributed by atoms with Gasteiger partial charge in [0.15, 0.2) is 0 Å². The fourth-order valence-corrected chi connectivity index (χ4v) is 5.41. The summed E-state index contributed by atoms with van der Waals surface area (Å²) in [5.41, 5.74) is 1.82. The predicted molar refractivity (Wildman–Crippen MR) is 93.6 cm³/mol. The predicted octanol–water partition coefficient (Wildman–Crippen LogP) is 2.71. The molecule has 0 bridgehead atoms. The zero-order valence-electron chi connectivity index (χ0n) is 13.5. The lowest BCUT2D eigenvalue weighted by Gasteiger charge is -2.31. The highest BCUT2D eigenvalue weighted by Crippen LogP contribution is 2.23. The van der Waals surface area contributed by atoms with E-state index in [0.717, 1.165) is 11.1 Å². The van der Waals surface area contributed by atoms with Gasteiger partial charge in [-0.2, -0.15) is 0 Å². The summed E-state index contributed by atoms with van der Waals surface area (Å²) in [7, 11) is -3.53. The normalized spacial score (nSPS) is 21.7. The number of sulfonamides is 1. The van der Waals surface area contributed by atoms with Crippen molar-refractivity contribution in [2.75, 3.05) is 13.2 Å². The maximum atomic E-state index is 12.6. The molecule has 1 aromatic carbocycles. The number of benzene rings is 1. The van der Waals surface area contributed by atoms with Gasteiger partial charge in [0.25, 0.3) is 10.0 Å². The molecule has 5 nitrogen and oxygen atoms in total. The molecule has 0 aliphatic carbocycles. The van der Waals surface area contributed by atoms with Gasteiger partial charge in [0.1, 0.15) is 4.21 Å². The summed E-state index contributed by atoms with van der Waals surface area (Å²) >= 11 is 1.23. The summed E-state index contributed by atoms with van der Waals surface area (Å²) in [6.45, 7) is 3.16. The lowest BCUT2D eigenvalue weighted by molar-refractivity contribution is -0.0711. The van der Waals surface area contributed by atoms with Crippen LogP contribution in [0.1, 0.15) is 17.5 Å². The van der Waals surface area contributed by atoms with Crippen molar-refractivity contribution < 1.29 is 17.9 Å². The molecule has 0 saturated carbocycles. The van der Waals surface area contributed by atoms with Crippen LogP contribution in [0.2, 0.25) is 0 Å². The topological polar surface area (TPSA) is 64.6 Å². The molecule has 1 N–H and O–H groups in total.